The Hall–Kier alpha value is -1.28. The molecule has 0 N–H and O–H groups in total. The highest BCUT2D eigenvalue weighted by molar-refractivity contribution is 9.09. The number of fused-ring (bicyclic) bond motifs is 1. The van der Waals surface area contributed by atoms with Gasteiger partial charge >= 0.3 is 0 Å². The van der Waals surface area contributed by atoms with Crippen LogP contribution < -0.4 is 0 Å². The number of halogens is 1. The Morgan fingerprint density at radius 2 is 1.90 bits per heavy atom. The number of aromatic nitrogens is 1. The zero-order valence-electron chi connectivity index (χ0n) is 12.3. The minimum absolute atomic E-state index is 0.955. The molecule has 0 bridgehead atoms. The molecule has 106 valence electrons. The van der Waals surface area contributed by atoms with Gasteiger partial charge in [-0.25, -0.2) is 0 Å². The van der Waals surface area contributed by atoms with E-state index < -0.39 is 0 Å². The van der Waals surface area contributed by atoms with Crippen molar-refractivity contribution in [2.45, 2.75) is 33.2 Å². The second kappa shape index (κ2) is 7.49. The van der Waals surface area contributed by atoms with Crippen molar-refractivity contribution < 1.29 is 0 Å². The highest BCUT2D eigenvalue weighted by Gasteiger charge is 2.00. The molecule has 0 aliphatic carbocycles. The first-order valence-electron chi connectivity index (χ1n) is 7.12. The Bertz CT molecular complexity index is 619. The smallest absolute Gasteiger partial charge is 0.0483 e. The fourth-order valence-corrected chi connectivity index (χ4v) is 2.94. The van der Waals surface area contributed by atoms with Gasteiger partial charge in [-0.05, 0) is 44.2 Å². The summed E-state index contributed by atoms with van der Waals surface area (Å²) in [4.78, 5) is 0. The zero-order valence-corrected chi connectivity index (χ0v) is 13.9. The van der Waals surface area contributed by atoms with Gasteiger partial charge in [0.1, 0.15) is 0 Å². The van der Waals surface area contributed by atoms with Crippen molar-refractivity contribution in [2.24, 2.45) is 0 Å². The first-order valence-corrected chi connectivity index (χ1v) is 8.24. The number of hydrogen-bond acceptors (Lipinski definition) is 0. The molecule has 2 rings (SSSR count). The van der Waals surface area contributed by atoms with Gasteiger partial charge in [-0.2, -0.15) is 0 Å². The predicted octanol–water partition coefficient (Wildman–Crippen LogP) is 5.71. The van der Waals surface area contributed by atoms with Crippen molar-refractivity contribution in [3.05, 3.63) is 59.8 Å². The maximum absolute atomic E-state index is 3.44. The first-order chi connectivity index (χ1) is 9.70. The molecular weight excluding hydrogens is 310 g/mol. The van der Waals surface area contributed by atoms with Gasteiger partial charge < -0.3 is 4.57 Å². The number of hydrogen-bond donors (Lipinski definition) is 0. The summed E-state index contributed by atoms with van der Waals surface area (Å²) in [5.74, 6) is 0. The van der Waals surface area contributed by atoms with Crippen molar-refractivity contribution in [1.82, 2.24) is 4.57 Å². The molecule has 2 aromatic rings. The third-order valence-electron chi connectivity index (χ3n) is 3.56. The van der Waals surface area contributed by atoms with Crippen LogP contribution in [-0.2, 0) is 6.54 Å². The summed E-state index contributed by atoms with van der Waals surface area (Å²) in [6, 6.07) is 10.7. The van der Waals surface area contributed by atoms with E-state index in [-0.39, 0.29) is 0 Å². The molecule has 0 aliphatic rings. The third-order valence-corrected chi connectivity index (χ3v) is 3.88. The molecule has 0 unspecified atom stereocenters. The second-order valence-corrected chi connectivity index (χ2v) is 5.94. The van der Waals surface area contributed by atoms with Crippen LogP contribution in [0.4, 0.5) is 0 Å². The van der Waals surface area contributed by atoms with Gasteiger partial charge in [-0.3, -0.25) is 0 Å². The average molecular weight is 332 g/mol. The van der Waals surface area contributed by atoms with Crippen LogP contribution in [0.1, 0.15) is 26.7 Å². The molecule has 1 heterocycles. The summed E-state index contributed by atoms with van der Waals surface area (Å²) in [6.07, 6.45) is 9.05. The van der Waals surface area contributed by atoms with Gasteiger partial charge in [0.2, 0.25) is 0 Å². The molecule has 0 spiro atoms. The lowest BCUT2D eigenvalue weighted by Crippen LogP contribution is -1.97. The summed E-state index contributed by atoms with van der Waals surface area (Å²) >= 11 is 3.44. The Labute approximate surface area is 130 Å². The lowest BCUT2D eigenvalue weighted by atomic mass is 10.1. The van der Waals surface area contributed by atoms with Crippen LogP contribution in [0.15, 0.2) is 59.8 Å². The highest BCUT2D eigenvalue weighted by atomic mass is 79.9. The van der Waals surface area contributed by atoms with Crippen LogP contribution in [0.5, 0.6) is 0 Å². The summed E-state index contributed by atoms with van der Waals surface area (Å²) in [5.41, 5.74) is 4.20. The molecule has 2 heteroatoms. The van der Waals surface area contributed by atoms with Gasteiger partial charge in [0.05, 0.1) is 0 Å². The van der Waals surface area contributed by atoms with E-state index in [2.05, 4.69) is 83.0 Å². The van der Waals surface area contributed by atoms with E-state index in [0.29, 0.717) is 0 Å². The molecular formula is C18H22BrN. The Kier molecular flexibility index (Phi) is 5.66. The van der Waals surface area contributed by atoms with Crippen LogP contribution in [0, 0.1) is 0 Å². The van der Waals surface area contributed by atoms with Crippen molar-refractivity contribution in [3.63, 3.8) is 0 Å². The van der Waals surface area contributed by atoms with E-state index >= 15 is 0 Å². The summed E-state index contributed by atoms with van der Waals surface area (Å²) in [7, 11) is 0. The summed E-state index contributed by atoms with van der Waals surface area (Å²) < 4.78 is 2.32. The standard InChI is InChI=1S/C18H22BrN/c1-15(10-12-19)6-5-7-16(2)14-20-13-11-17-8-3-4-9-18(17)20/h3-4,7-11,13H,5-6,12,14H2,1-2H3. The van der Waals surface area contributed by atoms with Gasteiger partial charge in [-0.1, -0.05) is 57.4 Å². The van der Waals surface area contributed by atoms with Crippen molar-refractivity contribution in [2.75, 3.05) is 5.33 Å². The largest absolute Gasteiger partial charge is 0.343 e. The van der Waals surface area contributed by atoms with E-state index in [1.807, 2.05) is 0 Å². The lowest BCUT2D eigenvalue weighted by Gasteiger charge is -2.06. The maximum Gasteiger partial charge on any atom is 0.0483 e. The quantitative estimate of drug-likeness (QED) is 0.472. The topological polar surface area (TPSA) is 4.93 Å². The monoisotopic (exact) mass is 331 g/mol. The van der Waals surface area contributed by atoms with E-state index in [0.717, 1.165) is 24.7 Å². The van der Waals surface area contributed by atoms with Crippen molar-refractivity contribution in [1.29, 1.82) is 0 Å². The van der Waals surface area contributed by atoms with E-state index in [4.69, 9.17) is 0 Å². The Morgan fingerprint density at radius 1 is 1.10 bits per heavy atom. The SMILES string of the molecule is CC(=CCBr)CCC=C(C)Cn1ccc2ccccc21. The maximum atomic E-state index is 3.44. The molecule has 0 fully saturated rings. The molecule has 20 heavy (non-hydrogen) atoms. The van der Waals surface area contributed by atoms with Crippen LogP contribution in [-0.4, -0.2) is 9.90 Å². The molecule has 1 aromatic heterocycles. The normalized spacial score (nSPS) is 13.2. The number of alkyl halides is 1. The molecule has 1 nitrogen and oxygen atoms in total. The average Bonchev–Trinajstić information content (AvgIpc) is 2.83. The first kappa shape index (κ1) is 15.1. The third kappa shape index (κ3) is 4.11. The highest BCUT2D eigenvalue weighted by Crippen LogP contribution is 2.17. The fraction of sp³-hybridized carbons (Fsp3) is 0.333. The molecule has 0 aliphatic heterocycles. The van der Waals surface area contributed by atoms with Crippen molar-refractivity contribution >= 4 is 26.8 Å². The van der Waals surface area contributed by atoms with E-state index in [1.165, 1.54) is 22.0 Å². The second-order valence-electron chi connectivity index (χ2n) is 5.30. The minimum atomic E-state index is 0.955. The Balaban J connectivity index is 1.97. The lowest BCUT2D eigenvalue weighted by molar-refractivity contribution is 0.808. The van der Waals surface area contributed by atoms with E-state index in [9.17, 15) is 0 Å². The molecule has 0 amide bonds. The zero-order chi connectivity index (χ0) is 14.4. The molecule has 1 aromatic carbocycles. The number of allylic oxidation sites excluding steroid dienone is 4. The number of benzene rings is 1. The molecule has 0 saturated carbocycles. The van der Waals surface area contributed by atoms with Crippen LogP contribution in [0.2, 0.25) is 0 Å². The molecule has 0 saturated heterocycles. The van der Waals surface area contributed by atoms with Crippen LogP contribution in [0.25, 0.3) is 10.9 Å². The summed E-state index contributed by atoms with van der Waals surface area (Å²) in [6.45, 7) is 5.40. The predicted molar refractivity (Wildman–Crippen MR) is 92.5 cm³/mol. The van der Waals surface area contributed by atoms with Gasteiger partial charge in [0.25, 0.3) is 0 Å². The van der Waals surface area contributed by atoms with Gasteiger partial charge in [0, 0.05) is 23.6 Å². The number of para-hydroxylation sites is 1. The van der Waals surface area contributed by atoms with Crippen LogP contribution in [0.3, 0.4) is 0 Å². The van der Waals surface area contributed by atoms with Crippen LogP contribution >= 0.6 is 15.9 Å². The molecule has 0 atom stereocenters. The summed E-state index contributed by atoms with van der Waals surface area (Å²) in [5, 5.41) is 2.27. The van der Waals surface area contributed by atoms with Gasteiger partial charge in [-0.15, -0.1) is 0 Å². The fourth-order valence-electron chi connectivity index (χ4n) is 2.39. The number of rotatable bonds is 6. The van der Waals surface area contributed by atoms with E-state index in [1.54, 1.807) is 0 Å². The van der Waals surface area contributed by atoms with Gasteiger partial charge in [0.15, 0.2) is 0 Å². The minimum Gasteiger partial charge on any atom is -0.343 e. The Morgan fingerprint density at radius 3 is 2.70 bits per heavy atom. The number of nitrogens with zero attached hydrogens (tertiary/aromatic N) is 1. The van der Waals surface area contributed by atoms with Crippen molar-refractivity contribution in [3.8, 4) is 0 Å². The molecule has 0 radical (unpaired) electrons.